The Kier molecular flexibility index (Phi) is 10.9. The average Bonchev–Trinajstić information content (AvgIpc) is 3.06. The standard InChI is InChI=1S/C36H38F6N4O3S/c1-4-17-45(2)26-15-18-46(19-16-26)22-29-31(34(47)44-33(36(40,41)42)23-9-6-5-7-10-23)28-21-27(50(3,48)49)13-14-30(28)43-32(29)24-11-8-12-25(20-24)35(37,38)39/h5-14,20-21,26,33H,4,15-19,22H2,1-3H3,(H,44,47)/t33-/m1/s1. The summed E-state index contributed by atoms with van der Waals surface area (Å²) in [5.41, 5.74) is -1.39. The van der Waals surface area contributed by atoms with Crippen molar-refractivity contribution in [3.63, 3.8) is 0 Å². The average molecular weight is 721 g/mol. The molecule has 1 N–H and O–H groups in total. The number of rotatable bonds is 10. The first-order valence-corrected chi connectivity index (χ1v) is 18.1. The summed E-state index contributed by atoms with van der Waals surface area (Å²) >= 11 is 0. The van der Waals surface area contributed by atoms with Gasteiger partial charge in [-0.25, -0.2) is 13.4 Å². The van der Waals surface area contributed by atoms with Gasteiger partial charge in [0.25, 0.3) is 5.91 Å². The summed E-state index contributed by atoms with van der Waals surface area (Å²) in [5, 5.41) is 2.08. The number of piperidine rings is 1. The number of benzene rings is 3. The van der Waals surface area contributed by atoms with Crippen molar-refractivity contribution in [3.05, 3.63) is 95.1 Å². The molecule has 1 amide bonds. The van der Waals surface area contributed by atoms with Gasteiger partial charge in [-0.3, -0.25) is 9.69 Å². The third-order valence-electron chi connectivity index (χ3n) is 9.05. The lowest BCUT2D eigenvalue weighted by Crippen LogP contribution is -2.43. The zero-order valence-corrected chi connectivity index (χ0v) is 28.6. The molecule has 0 radical (unpaired) electrons. The van der Waals surface area contributed by atoms with E-state index in [0.717, 1.165) is 44.2 Å². The van der Waals surface area contributed by atoms with E-state index in [1.165, 1.54) is 60.7 Å². The summed E-state index contributed by atoms with van der Waals surface area (Å²) in [6, 6.07) is 12.7. The largest absolute Gasteiger partial charge is 0.416 e. The Morgan fingerprint density at radius 1 is 0.980 bits per heavy atom. The van der Waals surface area contributed by atoms with E-state index in [4.69, 9.17) is 0 Å². The van der Waals surface area contributed by atoms with E-state index in [1.807, 2.05) is 11.9 Å². The van der Waals surface area contributed by atoms with Crippen molar-refractivity contribution in [2.75, 3.05) is 32.9 Å². The van der Waals surface area contributed by atoms with Crippen molar-refractivity contribution in [2.24, 2.45) is 0 Å². The van der Waals surface area contributed by atoms with E-state index in [9.17, 15) is 39.6 Å². The number of likely N-dealkylation sites (tertiary alicyclic amines) is 1. The number of amides is 1. The lowest BCUT2D eigenvalue weighted by molar-refractivity contribution is -0.155. The molecule has 0 saturated carbocycles. The lowest BCUT2D eigenvalue weighted by Gasteiger charge is -2.37. The van der Waals surface area contributed by atoms with Crippen molar-refractivity contribution in [2.45, 2.75) is 62.1 Å². The molecule has 1 aliphatic heterocycles. The highest BCUT2D eigenvalue weighted by Gasteiger charge is 2.43. The molecular formula is C36H38F6N4O3S. The number of pyridine rings is 1. The maximum Gasteiger partial charge on any atom is 0.416 e. The van der Waals surface area contributed by atoms with Crippen LogP contribution in [0.4, 0.5) is 26.3 Å². The number of fused-ring (bicyclic) bond motifs is 1. The van der Waals surface area contributed by atoms with E-state index < -0.39 is 39.7 Å². The number of sulfone groups is 1. The molecule has 14 heteroatoms. The Morgan fingerprint density at radius 3 is 2.26 bits per heavy atom. The molecule has 1 aromatic heterocycles. The SMILES string of the molecule is CCCN(C)C1CCN(Cc2c(-c3cccc(C(F)(F)F)c3)nc3ccc(S(C)(=O)=O)cc3c2C(=O)N[C@H](c2ccccc2)C(F)(F)F)CC1. The second-order valence-electron chi connectivity index (χ2n) is 12.7. The van der Waals surface area contributed by atoms with Crippen molar-refractivity contribution in [1.29, 1.82) is 0 Å². The fourth-order valence-electron chi connectivity index (χ4n) is 6.49. The topological polar surface area (TPSA) is 82.6 Å². The second-order valence-corrected chi connectivity index (χ2v) is 14.7. The second kappa shape index (κ2) is 14.7. The molecule has 4 aromatic rings. The monoisotopic (exact) mass is 720 g/mol. The molecule has 0 bridgehead atoms. The summed E-state index contributed by atoms with van der Waals surface area (Å²) in [7, 11) is -1.81. The van der Waals surface area contributed by atoms with Crippen molar-refractivity contribution in [3.8, 4) is 11.3 Å². The van der Waals surface area contributed by atoms with Gasteiger partial charge in [-0.2, -0.15) is 26.3 Å². The number of aromatic nitrogens is 1. The molecule has 3 aromatic carbocycles. The smallest absolute Gasteiger partial charge is 0.337 e. The first-order chi connectivity index (χ1) is 23.5. The van der Waals surface area contributed by atoms with E-state index >= 15 is 0 Å². The molecule has 0 unspecified atom stereocenters. The zero-order valence-electron chi connectivity index (χ0n) is 27.8. The van der Waals surface area contributed by atoms with Gasteiger partial charge in [0.15, 0.2) is 15.9 Å². The number of hydrogen-bond acceptors (Lipinski definition) is 6. The highest BCUT2D eigenvalue weighted by atomic mass is 32.2. The summed E-state index contributed by atoms with van der Waals surface area (Å²) in [5.74, 6) is -1.17. The highest BCUT2D eigenvalue weighted by Crippen LogP contribution is 2.38. The molecular weight excluding hydrogens is 682 g/mol. The Hall–Kier alpha value is -4.01. The number of carbonyl (C=O) groups excluding carboxylic acids is 1. The van der Waals surface area contributed by atoms with Crippen molar-refractivity contribution >= 4 is 26.6 Å². The minimum absolute atomic E-state index is 0.00552. The summed E-state index contributed by atoms with van der Waals surface area (Å²) < 4.78 is 110. The molecule has 268 valence electrons. The van der Waals surface area contributed by atoms with Crippen LogP contribution in [0, 0.1) is 0 Å². The molecule has 1 saturated heterocycles. The summed E-state index contributed by atoms with van der Waals surface area (Å²) in [6.07, 6.45) is -6.21. The first-order valence-electron chi connectivity index (χ1n) is 16.2. The zero-order chi connectivity index (χ0) is 36.4. The van der Waals surface area contributed by atoms with E-state index in [-0.39, 0.29) is 56.3 Å². The lowest BCUT2D eigenvalue weighted by atomic mass is 9.93. The van der Waals surface area contributed by atoms with Crippen molar-refractivity contribution in [1.82, 2.24) is 20.1 Å². The van der Waals surface area contributed by atoms with Gasteiger partial charge in [0.05, 0.1) is 27.2 Å². The molecule has 0 aliphatic carbocycles. The predicted octanol–water partition coefficient (Wildman–Crippen LogP) is 7.66. The third kappa shape index (κ3) is 8.47. The van der Waals surface area contributed by atoms with Crippen LogP contribution in [0.1, 0.15) is 59.3 Å². The molecule has 7 nitrogen and oxygen atoms in total. The molecule has 1 atom stereocenters. The van der Waals surface area contributed by atoms with Crippen LogP contribution >= 0.6 is 0 Å². The number of alkyl halides is 6. The van der Waals surface area contributed by atoms with Crippen LogP contribution < -0.4 is 5.32 Å². The third-order valence-corrected chi connectivity index (χ3v) is 10.2. The summed E-state index contributed by atoms with van der Waals surface area (Å²) in [6.45, 7) is 4.02. The van der Waals surface area contributed by atoms with Crippen LogP contribution in [-0.2, 0) is 22.6 Å². The van der Waals surface area contributed by atoms with Crippen LogP contribution in [0.2, 0.25) is 0 Å². The normalized spacial score (nSPS) is 15.8. The minimum Gasteiger partial charge on any atom is -0.337 e. The number of halogens is 6. The summed E-state index contributed by atoms with van der Waals surface area (Å²) in [4.78, 5) is 23.0. The number of carbonyl (C=O) groups is 1. The van der Waals surface area contributed by atoms with Crippen LogP contribution in [0.15, 0.2) is 77.7 Å². The van der Waals surface area contributed by atoms with Gasteiger partial charge in [0.1, 0.15) is 0 Å². The Bertz CT molecular complexity index is 1940. The molecule has 2 heterocycles. The number of nitrogens with zero attached hydrogens (tertiary/aromatic N) is 3. The van der Waals surface area contributed by atoms with Gasteiger partial charge in [0, 0.05) is 35.4 Å². The number of nitrogens with one attached hydrogen (secondary N) is 1. The first kappa shape index (κ1) is 37.3. The molecule has 1 fully saturated rings. The van der Waals surface area contributed by atoms with E-state index in [1.54, 1.807) is 0 Å². The van der Waals surface area contributed by atoms with Crippen LogP contribution in [0.25, 0.3) is 22.2 Å². The van der Waals surface area contributed by atoms with Gasteiger partial charge >= 0.3 is 12.4 Å². The molecule has 0 spiro atoms. The van der Waals surface area contributed by atoms with Crippen LogP contribution in [-0.4, -0.2) is 74.3 Å². The maximum atomic E-state index is 14.5. The molecule has 50 heavy (non-hydrogen) atoms. The number of hydrogen-bond donors (Lipinski definition) is 1. The minimum atomic E-state index is -4.92. The molecule has 1 aliphatic rings. The van der Waals surface area contributed by atoms with Gasteiger partial charge in [0.2, 0.25) is 0 Å². The van der Waals surface area contributed by atoms with Crippen LogP contribution in [0.5, 0.6) is 0 Å². The fourth-order valence-corrected chi connectivity index (χ4v) is 7.13. The van der Waals surface area contributed by atoms with Crippen molar-refractivity contribution < 1.29 is 39.6 Å². The fraction of sp³-hybridized carbons (Fsp3) is 0.389. The van der Waals surface area contributed by atoms with Crippen LogP contribution in [0.3, 0.4) is 0 Å². The quantitative estimate of drug-likeness (QED) is 0.170. The highest BCUT2D eigenvalue weighted by molar-refractivity contribution is 7.90. The Morgan fingerprint density at radius 2 is 1.66 bits per heavy atom. The van der Waals surface area contributed by atoms with Gasteiger partial charge in [-0.15, -0.1) is 0 Å². The van der Waals surface area contributed by atoms with Gasteiger partial charge < -0.3 is 10.2 Å². The molecule has 5 rings (SSSR count). The van der Waals surface area contributed by atoms with Gasteiger partial charge in [-0.05, 0) is 81.8 Å². The van der Waals surface area contributed by atoms with E-state index in [0.29, 0.717) is 13.1 Å². The Balaban J connectivity index is 1.73. The predicted molar refractivity (Wildman–Crippen MR) is 179 cm³/mol. The van der Waals surface area contributed by atoms with E-state index in [2.05, 4.69) is 22.1 Å². The Labute approximate surface area is 287 Å². The maximum absolute atomic E-state index is 14.5. The van der Waals surface area contributed by atoms with Gasteiger partial charge in [-0.1, -0.05) is 49.4 Å².